The van der Waals surface area contributed by atoms with Gasteiger partial charge in [-0.25, -0.2) is 18.4 Å². The Balaban J connectivity index is 1.48. The van der Waals surface area contributed by atoms with Crippen molar-refractivity contribution in [2.75, 3.05) is 30.3 Å². The molecule has 3 aromatic rings. The van der Waals surface area contributed by atoms with E-state index in [-0.39, 0.29) is 18.1 Å². The van der Waals surface area contributed by atoms with Crippen molar-refractivity contribution in [2.24, 2.45) is 0 Å². The SMILES string of the molecule is CCCCCCCCS(=O)(=O)N1CCN(c2cc(C)nc(-n3ccnc3)n2)CC1CC(=O)NCc1cccc(C)c1. The van der Waals surface area contributed by atoms with Gasteiger partial charge in [-0.05, 0) is 25.8 Å². The van der Waals surface area contributed by atoms with Crippen LogP contribution in [0.25, 0.3) is 5.95 Å². The molecule has 1 saturated heterocycles. The minimum Gasteiger partial charge on any atom is -0.353 e. The molecule has 4 rings (SSSR count). The van der Waals surface area contributed by atoms with E-state index in [0.717, 1.165) is 42.5 Å². The number of unbranched alkanes of at least 4 members (excludes halogenated alkanes) is 5. The number of piperazine rings is 1. The smallest absolute Gasteiger partial charge is 0.237 e. The number of benzene rings is 1. The summed E-state index contributed by atoms with van der Waals surface area (Å²) < 4.78 is 30.4. The average Bonchev–Trinajstić information content (AvgIpc) is 3.49. The Morgan fingerprint density at radius 2 is 1.85 bits per heavy atom. The molecular weight excluding hydrogens is 538 g/mol. The van der Waals surface area contributed by atoms with Crippen molar-refractivity contribution in [3.8, 4) is 5.95 Å². The molecular formula is C30H43N7O3S. The molecule has 1 N–H and O–H groups in total. The fourth-order valence-corrected chi connectivity index (χ4v) is 7.02. The lowest BCUT2D eigenvalue weighted by atomic mass is 10.1. The molecule has 1 fully saturated rings. The van der Waals surface area contributed by atoms with E-state index in [0.29, 0.717) is 44.4 Å². The minimum absolute atomic E-state index is 0.0799. The maximum absolute atomic E-state index is 13.5. The lowest BCUT2D eigenvalue weighted by Crippen LogP contribution is -2.57. The third kappa shape index (κ3) is 8.84. The van der Waals surface area contributed by atoms with Crippen molar-refractivity contribution in [1.82, 2.24) is 29.1 Å². The van der Waals surface area contributed by atoms with Gasteiger partial charge in [-0.3, -0.25) is 9.36 Å². The normalized spacial score (nSPS) is 16.2. The molecule has 1 amide bonds. The highest BCUT2D eigenvalue weighted by molar-refractivity contribution is 7.89. The van der Waals surface area contributed by atoms with E-state index in [2.05, 4.69) is 27.1 Å². The molecule has 0 aliphatic carbocycles. The zero-order valence-corrected chi connectivity index (χ0v) is 25.3. The first-order valence-electron chi connectivity index (χ1n) is 14.7. The molecule has 0 bridgehead atoms. The van der Waals surface area contributed by atoms with Gasteiger partial charge in [0.2, 0.25) is 21.9 Å². The van der Waals surface area contributed by atoms with E-state index in [1.807, 2.05) is 44.2 Å². The van der Waals surface area contributed by atoms with Gasteiger partial charge in [0, 0.05) is 56.8 Å². The second-order valence-electron chi connectivity index (χ2n) is 10.9. The molecule has 3 heterocycles. The highest BCUT2D eigenvalue weighted by Gasteiger charge is 2.36. The Morgan fingerprint density at radius 3 is 2.61 bits per heavy atom. The van der Waals surface area contributed by atoms with E-state index < -0.39 is 16.1 Å². The first-order valence-corrected chi connectivity index (χ1v) is 16.3. The molecule has 222 valence electrons. The van der Waals surface area contributed by atoms with Gasteiger partial charge in [0.1, 0.15) is 12.1 Å². The Bertz CT molecular complexity index is 1380. The lowest BCUT2D eigenvalue weighted by molar-refractivity contribution is -0.122. The van der Waals surface area contributed by atoms with E-state index >= 15 is 0 Å². The second-order valence-corrected chi connectivity index (χ2v) is 12.9. The van der Waals surface area contributed by atoms with Crippen LogP contribution in [0, 0.1) is 13.8 Å². The van der Waals surface area contributed by atoms with Gasteiger partial charge in [0.05, 0.1) is 11.8 Å². The zero-order valence-electron chi connectivity index (χ0n) is 24.5. The lowest BCUT2D eigenvalue weighted by Gasteiger charge is -2.41. The van der Waals surface area contributed by atoms with Crippen molar-refractivity contribution in [3.05, 3.63) is 65.9 Å². The number of carbonyl (C=O) groups excluding carboxylic acids is 1. The topological polar surface area (TPSA) is 113 Å². The Kier molecular flexibility index (Phi) is 10.9. The van der Waals surface area contributed by atoms with Crippen LogP contribution in [0.1, 0.15) is 68.7 Å². The summed E-state index contributed by atoms with van der Waals surface area (Å²) >= 11 is 0. The monoisotopic (exact) mass is 581 g/mol. The van der Waals surface area contributed by atoms with Crippen LogP contribution in [0.2, 0.25) is 0 Å². The number of anilines is 1. The summed E-state index contributed by atoms with van der Waals surface area (Å²) in [6.45, 7) is 7.65. The second kappa shape index (κ2) is 14.5. The van der Waals surface area contributed by atoms with Crippen LogP contribution in [0.3, 0.4) is 0 Å². The fraction of sp³-hybridized carbons (Fsp3) is 0.533. The molecule has 11 heteroatoms. The maximum atomic E-state index is 13.5. The van der Waals surface area contributed by atoms with Gasteiger partial charge in [0.15, 0.2) is 0 Å². The molecule has 1 aliphatic heterocycles. The van der Waals surface area contributed by atoms with Gasteiger partial charge in [-0.15, -0.1) is 0 Å². The number of aromatic nitrogens is 4. The summed E-state index contributed by atoms with van der Waals surface area (Å²) in [4.78, 5) is 28.5. The predicted octanol–water partition coefficient (Wildman–Crippen LogP) is 4.17. The summed E-state index contributed by atoms with van der Waals surface area (Å²) in [5.41, 5.74) is 2.94. The van der Waals surface area contributed by atoms with Crippen molar-refractivity contribution in [1.29, 1.82) is 0 Å². The molecule has 2 aromatic heterocycles. The summed E-state index contributed by atoms with van der Waals surface area (Å²) in [6.07, 6.45) is 11.2. The third-order valence-corrected chi connectivity index (χ3v) is 9.42. The number of nitrogens with zero attached hydrogens (tertiary/aromatic N) is 6. The molecule has 0 saturated carbocycles. The molecule has 41 heavy (non-hydrogen) atoms. The number of nitrogens with one attached hydrogen (secondary N) is 1. The number of sulfonamides is 1. The summed E-state index contributed by atoms with van der Waals surface area (Å²) in [6, 6.07) is 9.39. The van der Waals surface area contributed by atoms with Crippen LogP contribution >= 0.6 is 0 Å². The van der Waals surface area contributed by atoms with E-state index in [9.17, 15) is 13.2 Å². The number of hydrogen-bond acceptors (Lipinski definition) is 7. The summed E-state index contributed by atoms with van der Waals surface area (Å²) in [5, 5.41) is 2.99. The van der Waals surface area contributed by atoms with Gasteiger partial charge in [-0.1, -0.05) is 68.9 Å². The average molecular weight is 582 g/mol. The van der Waals surface area contributed by atoms with E-state index in [1.54, 1.807) is 27.6 Å². The van der Waals surface area contributed by atoms with Gasteiger partial charge in [0.25, 0.3) is 0 Å². The predicted molar refractivity (Wildman–Crippen MR) is 161 cm³/mol. The maximum Gasteiger partial charge on any atom is 0.237 e. The molecule has 1 unspecified atom stereocenters. The number of aryl methyl sites for hydroxylation is 2. The van der Waals surface area contributed by atoms with Crippen LogP contribution in [0.4, 0.5) is 5.82 Å². The Hall–Kier alpha value is -3.31. The fourth-order valence-electron chi connectivity index (χ4n) is 5.26. The highest BCUT2D eigenvalue weighted by Crippen LogP contribution is 2.24. The van der Waals surface area contributed by atoms with Gasteiger partial charge < -0.3 is 10.2 Å². The van der Waals surface area contributed by atoms with E-state index in [1.165, 1.54) is 6.42 Å². The third-order valence-electron chi connectivity index (χ3n) is 7.42. The Morgan fingerprint density at radius 1 is 1.05 bits per heavy atom. The van der Waals surface area contributed by atoms with Crippen LogP contribution in [0.15, 0.2) is 49.1 Å². The van der Waals surface area contributed by atoms with Crippen molar-refractivity contribution < 1.29 is 13.2 Å². The number of hydrogen-bond donors (Lipinski definition) is 1. The van der Waals surface area contributed by atoms with Crippen LogP contribution in [-0.2, 0) is 21.4 Å². The quantitative estimate of drug-likeness (QED) is 0.284. The summed E-state index contributed by atoms with van der Waals surface area (Å²) in [5.74, 6) is 1.15. The Labute approximate surface area is 244 Å². The summed E-state index contributed by atoms with van der Waals surface area (Å²) in [7, 11) is -3.52. The van der Waals surface area contributed by atoms with E-state index in [4.69, 9.17) is 4.98 Å². The molecule has 1 atom stereocenters. The largest absolute Gasteiger partial charge is 0.353 e. The van der Waals surface area contributed by atoms with Crippen molar-refractivity contribution in [3.63, 3.8) is 0 Å². The zero-order chi connectivity index (χ0) is 29.2. The minimum atomic E-state index is -3.52. The standard InChI is InChI=1S/C30H43N7O3S/c1-4-5-6-7-8-9-17-41(39,40)37-16-15-35(28-19-25(3)33-30(34-28)36-14-13-31-23-36)22-27(37)20-29(38)32-21-26-12-10-11-24(2)18-26/h10-14,18-19,23,27H,4-9,15-17,20-22H2,1-3H3,(H,32,38). The number of imidazole rings is 1. The molecule has 1 aliphatic rings. The van der Waals surface area contributed by atoms with Crippen LogP contribution in [-0.4, -0.2) is 69.6 Å². The molecule has 1 aromatic carbocycles. The van der Waals surface area contributed by atoms with Gasteiger partial charge in [-0.2, -0.15) is 9.29 Å². The number of carbonyl (C=O) groups is 1. The molecule has 10 nitrogen and oxygen atoms in total. The number of rotatable bonds is 14. The first kappa shape index (κ1) is 30.6. The van der Waals surface area contributed by atoms with Crippen LogP contribution < -0.4 is 10.2 Å². The first-order chi connectivity index (χ1) is 19.7. The highest BCUT2D eigenvalue weighted by atomic mass is 32.2. The van der Waals surface area contributed by atoms with Crippen molar-refractivity contribution >= 4 is 21.7 Å². The molecule has 0 radical (unpaired) electrons. The van der Waals surface area contributed by atoms with Crippen molar-refractivity contribution in [2.45, 2.75) is 78.3 Å². The van der Waals surface area contributed by atoms with Crippen LogP contribution in [0.5, 0.6) is 0 Å². The molecule has 0 spiro atoms. The number of amides is 1. The van der Waals surface area contributed by atoms with Gasteiger partial charge >= 0.3 is 0 Å².